The van der Waals surface area contributed by atoms with Gasteiger partial charge in [-0.25, -0.2) is 4.98 Å². The molecule has 7 nitrogen and oxygen atoms in total. The van der Waals surface area contributed by atoms with E-state index in [2.05, 4.69) is 50.8 Å². The second kappa shape index (κ2) is 8.56. The molecule has 1 aliphatic heterocycles. The van der Waals surface area contributed by atoms with Crippen LogP contribution in [-0.2, 0) is 24.3 Å². The summed E-state index contributed by atoms with van der Waals surface area (Å²) in [7, 11) is 0. The van der Waals surface area contributed by atoms with Gasteiger partial charge in [0.05, 0.1) is 22.7 Å². The molecule has 0 saturated heterocycles. The molecule has 0 fully saturated rings. The number of aromatic nitrogens is 3. The molecular formula is C19H19N6OS2+. The minimum atomic E-state index is -0.148. The van der Waals surface area contributed by atoms with Crippen molar-refractivity contribution in [3.8, 4) is 6.07 Å². The van der Waals surface area contributed by atoms with E-state index in [-0.39, 0.29) is 11.7 Å². The zero-order valence-corrected chi connectivity index (χ0v) is 16.7. The Bertz CT molecular complexity index is 994. The second-order valence-electron chi connectivity index (χ2n) is 6.54. The van der Waals surface area contributed by atoms with Crippen LogP contribution >= 0.6 is 23.1 Å². The van der Waals surface area contributed by atoms with Gasteiger partial charge in [0, 0.05) is 12.0 Å². The summed E-state index contributed by atoms with van der Waals surface area (Å²) in [5.74, 6) is 0.0681. The van der Waals surface area contributed by atoms with Crippen LogP contribution in [0.5, 0.6) is 0 Å². The van der Waals surface area contributed by atoms with Gasteiger partial charge in [0.2, 0.25) is 5.91 Å². The molecule has 0 saturated carbocycles. The lowest BCUT2D eigenvalue weighted by atomic mass is 10.0. The predicted molar refractivity (Wildman–Crippen MR) is 108 cm³/mol. The summed E-state index contributed by atoms with van der Waals surface area (Å²) in [4.78, 5) is 19.0. The molecule has 142 valence electrons. The first-order valence-electron chi connectivity index (χ1n) is 8.93. The number of rotatable bonds is 6. The van der Waals surface area contributed by atoms with Crippen molar-refractivity contribution >= 4 is 34.0 Å². The third-order valence-corrected chi connectivity index (χ3v) is 6.65. The van der Waals surface area contributed by atoms with Gasteiger partial charge in [0.1, 0.15) is 30.5 Å². The first-order chi connectivity index (χ1) is 13.7. The lowest BCUT2D eigenvalue weighted by Gasteiger charge is -2.23. The Morgan fingerprint density at radius 1 is 1.39 bits per heavy atom. The standard InChI is InChI=1S/C19H18N6OS2/c20-8-15-14-6-7-25(9-13-4-2-1-3-5-13)10-16(14)28-18(15)23-17(26)11-27-19-21-12-22-24-19/h1-5,12H,6-7,9-11H2,(H,23,26)(H,21,22,24)/p+1. The third-order valence-electron chi connectivity index (χ3n) is 4.62. The second-order valence-corrected chi connectivity index (χ2v) is 8.61. The van der Waals surface area contributed by atoms with E-state index in [4.69, 9.17) is 0 Å². The van der Waals surface area contributed by atoms with E-state index in [1.807, 2.05) is 6.07 Å². The topological polar surface area (TPSA) is 98.9 Å². The normalized spacial score (nSPS) is 15.6. The number of carbonyl (C=O) groups is 1. The highest BCUT2D eigenvalue weighted by molar-refractivity contribution is 7.99. The van der Waals surface area contributed by atoms with Crippen molar-refractivity contribution in [1.82, 2.24) is 15.2 Å². The van der Waals surface area contributed by atoms with Gasteiger partial charge >= 0.3 is 0 Å². The molecule has 0 aliphatic carbocycles. The third kappa shape index (κ3) is 4.25. The van der Waals surface area contributed by atoms with Crippen molar-refractivity contribution in [2.24, 2.45) is 0 Å². The molecule has 1 amide bonds. The molecule has 3 N–H and O–H groups in total. The number of nitrogens with zero attached hydrogens (tertiary/aromatic N) is 3. The van der Waals surface area contributed by atoms with Crippen molar-refractivity contribution in [3.63, 3.8) is 0 Å². The average Bonchev–Trinajstić information content (AvgIpc) is 3.34. The maximum atomic E-state index is 12.3. The largest absolute Gasteiger partial charge is 0.326 e. The first kappa shape index (κ1) is 18.7. The fourth-order valence-corrected chi connectivity index (χ4v) is 5.20. The Kier molecular flexibility index (Phi) is 5.71. The molecule has 3 aromatic rings. The number of aromatic amines is 1. The molecule has 2 aromatic heterocycles. The smallest absolute Gasteiger partial charge is 0.235 e. The van der Waals surface area contributed by atoms with Crippen LogP contribution < -0.4 is 10.2 Å². The van der Waals surface area contributed by atoms with Gasteiger partial charge in [-0.05, 0) is 5.56 Å². The highest BCUT2D eigenvalue weighted by atomic mass is 32.2. The first-order valence-corrected chi connectivity index (χ1v) is 10.7. The van der Waals surface area contributed by atoms with Crippen molar-refractivity contribution < 1.29 is 9.69 Å². The number of thiophene rings is 1. The van der Waals surface area contributed by atoms with Gasteiger partial charge in [-0.3, -0.25) is 9.89 Å². The van der Waals surface area contributed by atoms with Crippen LogP contribution in [0.3, 0.4) is 0 Å². The summed E-state index contributed by atoms with van der Waals surface area (Å²) >= 11 is 2.81. The number of quaternary nitrogens is 1. The Morgan fingerprint density at radius 3 is 3.00 bits per heavy atom. The highest BCUT2D eigenvalue weighted by Crippen LogP contribution is 2.34. The van der Waals surface area contributed by atoms with E-state index in [0.29, 0.717) is 15.7 Å². The number of nitriles is 1. The quantitative estimate of drug-likeness (QED) is 0.535. The van der Waals surface area contributed by atoms with Crippen LogP contribution in [-0.4, -0.2) is 33.4 Å². The number of carbonyl (C=O) groups excluding carboxylic acids is 1. The molecule has 1 aromatic carbocycles. The van der Waals surface area contributed by atoms with Gasteiger partial charge in [0.15, 0.2) is 5.16 Å². The van der Waals surface area contributed by atoms with E-state index in [1.54, 1.807) is 0 Å². The van der Waals surface area contributed by atoms with Gasteiger partial charge in [0.25, 0.3) is 0 Å². The number of hydrogen-bond donors (Lipinski definition) is 3. The number of thioether (sulfide) groups is 1. The van der Waals surface area contributed by atoms with Crippen molar-refractivity contribution in [2.75, 3.05) is 17.6 Å². The van der Waals surface area contributed by atoms with Crippen LogP contribution in [0.15, 0.2) is 41.8 Å². The average molecular weight is 412 g/mol. The summed E-state index contributed by atoms with van der Waals surface area (Å²) in [6, 6.07) is 12.7. The van der Waals surface area contributed by atoms with Gasteiger partial charge < -0.3 is 10.2 Å². The molecule has 1 unspecified atom stereocenters. The molecule has 1 aliphatic rings. The summed E-state index contributed by atoms with van der Waals surface area (Å²) in [6.45, 7) is 2.84. The molecule has 0 radical (unpaired) electrons. The summed E-state index contributed by atoms with van der Waals surface area (Å²) < 4.78 is 0. The molecule has 0 spiro atoms. The minimum absolute atomic E-state index is 0.148. The van der Waals surface area contributed by atoms with Gasteiger partial charge in [-0.15, -0.1) is 11.3 Å². The van der Waals surface area contributed by atoms with E-state index < -0.39 is 0 Å². The van der Waals surface area contributed by atoms with E-state index in [1.165, 1.54) is 44.8 Å². The van der Waals surface area contributed by atoms with Gasteiger partial charge in [-0.2, -0.15) is 10.4 Å². The summed E-state index contributed by atoms with van der Waals surface area (Å²) in [6.07, 6.45) is 2.27. The Hall–Kier alpha value is -2.67. The highest BCUT2D eigenvalue weighted by Gasteiger charge is 2.27. The summed E-state index contributed by atoms with van der Waals surface area (Å²) in [5, 5.41) is 20.3. The SMILES string of the molecule is N#Cc1c(NC(=O)CSc2ncn[nH]2)sc2c1CC[NH+](Cc1ccccc1)C2. The fraction of sp³-hybridized carbons (Fsp3) is 0.263. The zero-order chi connectivity index (χ0) is 19.3. The lowest BCUT2D eigenvalue weighted by Crippen LogP contribution is -3.10. The molecule has 1 atom stereocenters. The molecule has 0 bridgehead atoms. The van der Waals surface area contributed by atoms with E-state index in [0.717, 1.165) is 31.6 Å². The van der Waals surface area contributed by atoms with Crippen molar-refractivity contribution in [2.45, 2.75) is 24.7 Å². The molecule has 4 rings (SSSR count). The molecule has 9 heteroatoms. The van der Waals surface area contributed by atoms with E-state index in [9.17, 15) is 10.1 Å². The summed E-state index contributed by atoms with van der Waals surface area (Å²) in [5.41, 5.74) is 3.04. The minimum Gasteiger partial charge on any atom is -0.326 e. The van der Waals surface area contributed by atoms with Crippen molar-refractivity contribution in [1.29, 1.82) is 5.26 Å². The Morgan fingerprint density at radius 2 is 2.25 bits per heavy atom. The van der Waals surface area contributed by atoms with Crippen LogP contribution in [0.25, 0.3) is 0 Å². The zero-order valence-electron chi connectivity index (χ0n) is 15.1. The number of nitrogens with one attached hydrogen (secondary N) is 3. The molecular weight excluding hydrogens is 392 g/mol. The van der Waals surface area contributed by atoms with Gasteiger partial charge in [-0.1, -0.05) is 42.1 Å². The van der Waals surface area contributed by atoms with Crippen LogP contribution in [0.4, 0.5) is 5.00 Å². The molecule has 3 heterocycles. The maximum absolute atomic E-state index is 12.3. The molecule has 28 heavy (non-hydrogen) atoms. The lowest BCUT2D eigenvalue weighted by molar-refractivity contribution is -0.929. The number of fused-ring (bicyclic) bond motifs is 1. The van der Waals surface area contributed by atoms with E-state index >= 15 is 0 Å². The maximum Gasteiger partial charge on any atom is 0.235 e. The predicted octanol–water partition coefficient (Wildman–Crippen LogP) is 1.61. The number of amides is 1. The van der Waals surface area contributed by atoms with Crippen LogP contribution in [0, 0.1) is 11.3 Å². The van der Waals surface area contributed by atoms with Crippen LogP contribution in [0.2, 0.25) is 0 Å². The fourth-order valence-electron chi connectivity index (χ4n) is 3.34. The Labute approximate surface area is 170 Å². The number of benzene rings is 1. The monoisotopic (exact) mass is 411 g/mol. The number of anilines is 1. The number of H-pyrrole nitrogens is 1. The van der Waals surface area contributed by atoms with Crippen molar-refractivity contribution in [3.05, 3.63) is 58.2 Å². The van der Waals surface area contributed by atoms with Crippen LogP contribution in [0.1, 0.15) is 21.6 Å². The Balaban J connectivity index is 1.43. The number of hydrogen-bond acceptors (Lipinski definition) is 6.